The molecular formula is C21H20F2N2O4S. The van der Waals surface area contributed by atoms with Crippen LogP contribution in [0, 0.1) is 0 Å². The van der Waals surface area contributed by atoms with Gasteiger partial charge in [0.05, 0.1) is 14.2 Å². The number of thiazole rings is 1. The van der Waals surface area contributed by atoms with Crippen LogP contribution in [0.5, 0.6) is 17.2 Å². The zero-order chi connectivity index (χ0) is 21.5. The SMILES string of the molecule is COc1ccc(-c2nc(C(=O)NCCc3ccc(OC)c(OC(F)F)c3)cs2)cc1. The highest BCUT2D eigenvalue weighted by atomic mass is 32.1. The highest BCUT2D eigenvalue weighted by molar-refractivity contribution is 7.13. The Hall–Kier alpha value is -3.20. The van der Waals surface area contributed by atoms with Crippen LogP contribution in [0.4, 0.5) is 8.78 Å². The molecule has 1 amide bonds. The van der Waals surface area contributed by atoms with E-state index in [1.165, 1.54) is 24.5 Å². The Morgan fingerprint density at radius 2 is 1.87 bits per heavy atom. The summed E-state index contributed by atoms with van der Waals surface area (Å²) in [6.45, 7) is -2.63. The van der Waals surface area contributed by atoms with Crippen molar-refractivity contribution in [2.24, 2.45) is 0 Å². The van der Waals surface area contributed by atoms with Crippen molar-refractivity contribution < 1.29 is 27.8 Å². The Labute approximate surface area is 176 Å². The van der Waals surface area contributed by atoms with Gasteiger partial charge in [0, 0.05) is 17.5 Å². The molecule has 0 radical (unpaired) electrons. The van der Waals surface area contributed by atoms with E-state index in [1.807, 2.05) is 24.3 Å². The number of rotatable bonds is 9. The van der Waals surface area contributed by atoms with Crippen LogP contribution < -0.4 is 19.5 Å². The lowest BCUT2D eigenvalue weighted by Crippen LogP contribution is -2.26. The average Bonchev–Trinajstić information content (AvgIpc) is 3.24. The van der Waals surface area contributed by atoms with Crippen molar-refractivity contribution >= 4 is 17.2 Å². The monoisotopic (exact) mass is 434 g/mol. The Morgan fingerprint density at radius 3 is 2.53 bits per heavy atom. The number of amides is 1. The third-order valence-corrected chi connectivity index (χ3v) is 5.11. The summed E-state index contributed by atoms with van der Waals surface area (Å²) in [5.41, 5.74) is 1.94. The van der Waals surface area contributed by atoms with Crippen molar-refractivity contribution in [1.29, 1.82) is 0 Å². The lowest BCUT2D eigenvalue weighted by Gasteiger charge is -2.11. The number of hydrogen-bond donors (Lipinski definition) is 1. The smallest absolute Gasteiger partial charge is 0.387 e. The Balaban J connectivity index is 1.58. The van der Waals surface area contributed by atoms with Crippen molar-refractivity contribution in [2.45, 2.75) is 13.0 Å². The van der Waals surface area contributed by atoms with Crippen molar-refractivity contribution in [2.75, 3.05) is 20.8 Å². The molecule has 30 heavy (non-hydrogen) atoms. The van der Waals surface area contributed by atoms with Crippen LogP contribution in [-0.2, 0) is 6.42 Å². The number of methoxy groups -OCH3 is 2. The molecule has 9 heteroatoms. The number of nitrogens with one attached hydrogen (secondary N) is 1. The fraction of sp³-hybridized carbons (Fsp3) is 0.238. The third kappa shape index (κ3) is 5.44. The van der Waals surface area contributed by atoms with Gasteiger partial charge >= 0.3 is 6.61 Å². The average molecular weight is 434 g/mol. The van der Waals surface area contributed by atoms with E-state index in [1.54, 1.807) is 24.6 Å². The van der Waals surface area contributed by atoms with Gasteiger partial charge in [-0.3, -0.25) is 4.79 Å². The van der Waals surface area contributed by atoms with E-state index in [4.69, 9.17) is 9.47 Å². The molecule has 0 atom stereocenters. The number of ether oxygens (including phenoxy) is 3. The van der Waals surface area contributed by atoms with Gasteiger partial charge in [0.25, 0.3) is 5.91 Å². The normalized spacial score (nSPS) is 10.7. The van der Waals surface area contributed by atoms with Gasteiger partial charge in [0.15, 0.2) is 11.5 Å². The van der Waals surface area contributed by atoms with E-state index < -0.39 is 6.61 Å². The number of halogens is 2. The van der Waals surface area contributed by atoms with Crippen LogP contribution in [0.3, 0.4) is 0 Å². The van der Waals surface area contributed by atoms with E-state index >= 15 is 0 Å². The molecule has 158 valence electrons. The largest absolute Gasteiger partial charge is 0.497 e. The number of alkyl halides is 2. The summed E-state index contributed by atoms with van der Waals surface area (Å²) in [4.78, 5) is 16.7. The molecule has 3 aromatic rings. The summed E-state index contributed by atoms with van der Waals surface area (Å²) in [5, 5.41) is 5.20. The predicted molar refractivity (Wildman–Crippen MR) is 110 cm³/mol. The maximum Gasteiger partial charge on any atom is 0.387 e. The van der Waals surface area contributed by atoms with Crippen LogP contribution in [0.2, 0.25) is 0 Å². The van der Waals surface area contributed by atoms with E-state index in [0.717, 1.165) is 21.9 Å². The molecule has 1 heterocycles. The Morgan fingerprint density at radius 1 is 1.10 bits per heavy atom. The van der Waals surface area contributed by atoms with Gasteiger partial charge in [-0.1, -0.05) is 6.07 Å². The molecule has 0 aliphatic rings. The van der Waals surface area contributed by atoms with Crippen LogP contribution in [0.15, 0.2) is 47.8 Å². The Bertz CT molecular complexity index is 993. The number of nitrogens with zero attached hydrogens (tertiary/aromatic N) is 1. The second-order valence-electron chi connectivity index (χ2n) is 6.14. The van der Waals surface area contributed by atoms with Crippen molar-refractivity contribution in [3.05, 3.63) is 59.1 Å². The van der Waals surface area contributed by atoms with E-state index in [9.17, 15) is 13.6 Å². The topological polar surface area (TPSA) is 69.7 Å². The zero-order valence-corrected chi connectivity index (χ0v) is 17.2. The Kier molecular flexibility index (Phi) is 7.18. The summed E-state index contributed by atoms with van der Waals surface area (Å²) in [7, 11) is 2.97. The highest BCUT2D eigenvalue weighted by Gasteiger charge is 2.13. The van der Waals surface area contributed by atoms with Gasteiger partial charge in [-0.25, -0.2) is 4.98 Å². The molecule has 0 bridgehead atoms. The molecule has 0 fully saturated rings. The van der Waals surface area contributed by atoms with E-state index in [0.29, 0.717) is 18.7 Å². The summed E-state index contributed by atoms with van der Waals surface area (Å²) < 4.78 is 39.7. The molecule has 0 unspecified atom stereocenters. The van der Waals surface area contributed by atoms with Gasteiger partial charge in [0.2, 0.25) is 0 Å². The quantitative estimate of drug-likeness (QED) is 0.541. The van der Waals surface area contributed by atoms with Crippen LogP contribution in [0.25, 0.3) is 10.6 Å². The minimum absolute atomic E-state index is 0.0417. The van der Waals surface area contributed by atoms with E-state index in [2.05, 4.69) is 15.0 Å². The summed E-state index contributed by atoms with van der Waals surface area (Å²) in [6, 6.07) is 12.2. The first-order chi connectivity index (χ1) is 14.5. The predicted octanol–water partition coefficient (Wildman–Crippen LogP) is 4.40. The molecule has 0 saturated heterocycles. The van der Waals surface area contributed by atoms with Gasteiger partial charge in [-0.05, 0) is 48.4 Å². The first-order valence-corrected chi connectivity index (χ1v) is 9.88. The number of benzene rings is 2. The van der Waals surface area contributed by atoms with Gasteiger partial charge in [-0.2, -0.15) is 8.78 Å². The first kappa shape index (κ1) is 21.5. The van der Waals surface area contributed by atoms with Crippen molar-refractivity contribution in [3.63, 3.8) is 0 Å². The second-order valence-corrected chi connectivity index (χ2v) is 6.99. The maximum atomic E-state index is 12.5. The molecule has 1 aromatic heterocycles. The molecule has 2 aromatic carbocycles. The fourth-order valence-corrected chi connectivity index (χ4v) is 3.53. The van der Waals surface area contributed by atoms with Crippen molar-refractivity contribution in [1.82, 2.24) is 10.3 Å². The molecule has 0 aliphatic heterocycles. The zero-order valence-electron chi connectivity index (χ0n) is 16.4. The number of hydrogen-bond acceptors (Lipinski definition) is 6. The molecule has 0 aliphatic carbocycles. The first-order valence-electron chi connectivity index (χ1n) is 9.00. The van der Waals surface area contributed by atoms with Crippen LogP contribution >= 0.6 is 11.3 Å². The molecule has 3 rings (SSSR count). The minimum atomic E-state index is -2.95. The number of carbonyl (C=O) groups is 1. The summed E-state index contributed by atoms with van der Waals surface area (Å²) >= 11 is 1.37. The van der Waals surface area contributed by atoms with Gasteiger partial charge in [0.1, 0.15) is 16.5 Å². The lowest BCUT2D eigenvalue weighted by molar-refractivity contribution is -0.0512. The third-order valence-electron chi connectivity index (χ3n) is 4.22. The molecule has 1 N–H and O–H groups in total. The fourth-order valence-electron chi connectivity index (χ4n) is 2.72. The van der Waals surface area contributed by atoms with Gasteiger partial charge in [-0.15, -0.1) is 11.3 Å². The van der Waals surface area contributed by atoms with Crippen molar-refractivity contribution in [3.8, 4) is 27.8 Å². The van der Waals surface area contributed by atoms with E-state index in [-0.39, 0.29) is 17.4 Å². The number of carbonyl (C=O) groups excluding carboxylic acids is 1. The summed E-state index contributed by atoms with van der Waals surface area (Å²) in [5.74, 6) is 0.620. The number of aromatic nitrogens is 1. The second kappa shape index (κ2) is 10.0. The minimum Gasteiger partial charge on any atom is -0.497 e. The highest BCUT2D eigenvalue weighted by Crippen LogP contribution is 2.29. The van der Waals surface area contributed by atoms with Gasteiger partial charge < -0.3 is 19.5 Å². The summed E-state index contributed by atoms with van der Waals surface area (Å²) in [6.07, 6.45) is 0.435. The molecule has 6 nitrogen and oxygen atoms in total. The van der Waals surface area contributed by atoms with Crippen LogP contribution in [-0.4, -0.2) is 38.3 Å². The molecule has 0 saturated carbocycles. The molecule has 0 spiro atoms. The maximum absolute atomic E-state index is 12.5. The standard InChI is InChI=1S/C21H20F2N2O4S/c1-27-15-6-4-14(5-7-15)20-25-16(12-30-20)19(26)24-10-9-13-3-8-17(28-2)18(11-13)29-21(22)23/h3-8,11-12,21H,9-10H2,1-2H3,(H,24,26). The van der Waals surface area contributed by atoms with Crippen LogP contribution in [0.1, 0.15) is 16.1 Å². The lowest BCUT2D eigenvalue weighted by atomic mass is 10.1. The molecular weight excluding hydrogens is 414 g/mol.